The van der Waals surface area contributed by atoms with Crippen molar-refractivity contribution in [2.45, 2.75) is 25.2 Å². The Morgan fingerprint density at radius 3 is 2.81 bits per heavy atom. The van der Waals surface area contributed by atoms with Gasteiger partial charge in [0.05, 0.1) is 0 Å². The first-order valence-electron chi connectivity index (χ1n) is 6.41. The number of carbonyl (C=O) groups is 1. The molecule has 1 aliphatic rings. The lowest BCUT2D eigenvalue weighted by Gasteiger charge is -2.23. The summed E-state index contributed by atoms with van der Waals surface area (Å²) in [5.74, 6) is -4.82. The number of carboxylic acids is 1. The van der Waals surface area contributed by atoms with Gasteiger partial charge in [-0.1, -0.05) is 0 Å². The highest BCUT2D eigenvalue weighted by Crippen LogP contribution is 2.35. The quantitative estimate of drug-likeness (QED) is 0.837. The van der Waals surface area contributed by atoms with Crippen LogP contribution < -0.4 is 0 Å². The number of nitrogens with one attached hydrogen (secondary N) is 1. The van der Waals surface area contributed by atoms with Crippen LogP contribution in [0.2, 0.25) is 0 Å². The maximum absolute atomic E-state index is 13.8. The zero-order valence-electron chi connectivity index (χ0n) is 10.8. The Morgan fingerprint density at radius 2 is 2.10 bits per heavy atom. The lowest BCUT2D eigenvalue weighted by molar-refractivity contribution is 0.0689. The normalized spacial score (nSPS) is 17.6. The third-order valence-electron chi connectivity index (χ3n) is 3.81. The highest BCUT2D eigenvalue weighted by Gasteiger charge is 2.29. The Balaban J connectivity index is 2.00. The summed E-state index contributed by atoms with van der Waals surface area (Å²) in [5, 5.41) is 15.4. The number of nitrogens with zero attached hydrogens (tertiary/aromatic N) is 1. The van der Waals surface area contributed by atoms with Crippen molar-refractivity contribution < 1.29 is 23.1 Å². The van der Waals surface area contributed by atoms with E-state index in [1.54, 1.807) is 0 Å². The van der Waals surface area contributed by atoms with Crippen LogP contribution in [0.4, 0.5) is 13.2 Å². The molecule has 4 nitrogen and oxygen atoms in total. The van der Waals surface area contributed by atoms with E-state index >= 15 is 0 Å². The van der Waals surface area contributed by atoms with E-state index in [1.807, 2.05) is 0 Å². The molecule has 1 unspecified atom stereocenters. The molecule has 0 bridgehead atoms. The average molecular weight is 296 g/mol. The summed E-state index contributed by atoms with van der Waals surface area (Å²) in [6.45, 7) is 0. The maximum atomic E-state index is 13.8. The maximum Gasteiger partial charge on any atom is 0.356 e. The highest BCUT2D eigenvalue weighted by molar-refractivity contribution is 5.87. The largest absolute Gasteiger partial charge is 0.476 e. The summed E-state index contributed by atoms with van der Waals surface area (Å²) < 4.78 is 40.4. The SMILES string of the molecule is O=C(O)c1n[nH]c2c1CC(c1cc(F)cc(F)c1F)CC2. The molecule has 0 saturated carbocycles. The Labute approximate surface area is 117 Å². The van der Waals surface area contributed by atoms with E-state index in [0.29, 0.717) is 30.2 Å². The fourth-order valence-corrected chi connectivity index (χ4v) is 2.81. The predicted molar refractivity (Wildman–Crippen MR) is 66.6 cm³/mol. The molecule has 21 heavy (non-hydrogen) atoms. The molecule has 1 aliphatic carbocycles. The molecule has 0 amide bonds. The lowest BCUT2D eigenvalue weighted by Crippen LogP contribution is -2.16. The van der Waals surface area contributed by atoms with Crippen LogP contribution in [0, 0.1) is 17.5 Å². The summed E-state index contributed by atoms with van der Waals surface area (Å²) in [6, 6.07) is 1.46. The molecule has 0 fully saturated rings. The van der Waals surface area contributed by atoms with Crippen molar-refractivity contribution in [2.24, 2.45) is 0 Å². The van der Waals surface area contributed by atoms with E-state index in [4.69, 9.17) is 5.11 Å². The third-order valence-corrected chi connectivity index (χ3v) is 3.81. The van der Waals surface area contributed by atoms with E-state index in [-0.39, 0.29) is 17.7 Å². The first kappa shape index (κ1) is 13.7. The number of aromatic carboxylic acids is 1. The Hall–Kier alpha value is -2.31. The molecular weight excluding hydrogens is 285 g/mol. The summed E-state index contributed by atoms with van der Waals surface area (Å²) >= 11 is 0. The van der Waals surface area contributed by atoms with Crippen molar-refractivity contribution in [1.29, 1.82) is 0 Å². The van der Waals surface area contributed by atoms with Gasteiger partial charge in [0.2, 0.25) is 0 Å². The smallest absolute Gasteiger partial charge is 0.356 e. The molecule has 110 valence electrons. The topological polar surface area (TPSA) is 66.0 Å². The van der Waals surface area contributed by atoms with Gasteiger partial charge in [-0.15, -0.1) is 0 Å². The molecular formula is C14H11F3N2O2. The fourth-order valence-electron chi connectivity index (χ4n) is 2.81. The van der Waals surface area contributed by atoms with Crippen LogP contribution in [0.1, 0.15) is 39.6 Å². The number of benzene rings is 1. The van der Waals surface area contributed by atoms with Gasteiger partial charge >= 0.3 is 5.97 Å². The van der Waals surface area contributed by atoms with Crippen molar-refractivity contribution in [2.75, 3.05) is 0 Å². The molecule has 1 aromatic carbocycles. The Morgan fingerprint density at radius 1 is 1.33 bits per heavy atom. The van der Waals surface area contributed by atoms with Gasteiger partial charge in [0.15, 0.2) is 17.3 Å². The molecule has 0 radical (unpaired) electrons. The standard InChI is InChI=1S/C14H11F3N2O2/c15-7-4-8(12(17)10(16)5-7)6-1-2-11-9(3-6)13(14(20)21)19-18-11/h4-6H,1-3H2,(H,18,19)(H,20,21). The Bertz CT molecular complexity index is 727. The van der Waals surface area contributed by atoms with Crippen molar-refractivity contribution in [3.05, 3.63) is 52.1 Å². The minimum atomic E-state index is -1.23. The number of rotatable bonds is 2. The molecule has 0 saturated heterocycles. The van der Waals surface area contributed by atoms with Crippen molar-refractivity contribution in [1.82, 2.24) is 10.2 Å². The molecule has 2 aromatic rings. The molecule has 1 aromatic heterocycles. The minimum Gasteiger partial charge on any atom is -0.476 e. The van der Waals surface area contributed by atoms with Gasteiger partial charge in [-0.2, -0.15) is 5.10 Å². The zero-order valence-corrected chi connectivity index (χ0v) is 10.8. The minimum absolute atomic E-state index is 0.0595. The van der Waals surface area contributed by atoms with Gasteiger partial charge < -0.3 is 5.11 Å². The van der Waals surface area contributed by atoms with E-state index < -0.39 is 29.3 Å². The number of hydrogen-bond donors (Lipinski definition) is 2. The molecule has 3 rings (SSSR count). The van der Waals surface area contributed by atoms with Gasteiger partial charge in [0, 0.05) is 17.3 Å². The van der Waals surface area contributed by atoms with Gasteiger partial charge in [-0.25, -0.2) is 18.0 Å². The van der Waals surface area contributed by atoms with Crippen molar-refractivity contribution in [3.8, 4) is 0 Å². The van der Waals surface area contributed by atoms with Gasteiger partial charge in [0.1, 0.15) is 5.82 Å². The van der Waals surface area contributed by atoms with Crippen LogP contribution in [0.3, 0.4) is 0 Å². The Kier molecular flexibility index (Phi) is 3.19. The lowest BCUT2D eigenvalue weighted by atomic mass is 9.81. The number of aromatic amines is 1. The number of aromatic nitrogens is 2. The van der Waals surface area contributed by atoms with E-state index in [2.05, 4.69) is 10.2 Å². The average Bonchev–Trinajstić information content (AvgIpc) is 2.85. The van der Waals surface area contributed by atoms with Crippen LogP contribution in [0.5, 0.6) is 0 Å². The number of hydrogen-bond acceptors (Lipinski definition) is 2. The number of halogens is 3. The first-order valence-corrected chi connectivity index (χ1v) is 6.41. The summed E-state index contributed by atoms with van der Waals surface area (Å²) in [6.07, 6.45) is 1.11. The summed E-state index contributed by atoms with van der Waals surface area (Å²) in [5.41, 5.74) is 0.978. The monoisotopic (exact) mass is 296 g/mol. The molecule has 2 N–H and O–H groups in total. The second-order valence-corrected chi connectivity index (χ2v) is 5.07. The van der Waals surface area contributed by atoms with Crippen molar-refractivity contribution >= 4 is 5.97 Å². The van der Waals surface area contributed by atoms with Gasteiger partial charge in [0.25, 0.3) is 0 Å². The molecule has 0 spiro atoms. The third kappa shape index (κ3) is 2.28. The fraction of sp³-hybridized carbons (Fsp3) is 0.286. The summed E-state index contributed by atoms with van der Waals surface area (Å²) in [7, 11) is 0. The number of aryl methyl sites for hydroxylation is 1. The van der Waals surface area contributed by atoms with Crippen LogP contribution in [0.25, 0.3) is 0 Å². The second kappa shape index (κ2) is 4.91. The number of fused-ring (bicyclic) bond motifs is 1. The van der Waals surface area contributed by atoms with E-state index in [9.17, 15) is 18.0 Å². The molecule has 7 heteroatoms. The van der Waals surface area contributed by atoms with Crippen LogP contribution in [-0.2, 0) is 12.8 Å². The predicted octanol–water partition coefficient (Wildman–Crippen LogP) is 2.80. The highest BCUT2D eigenvalue weighted by atomic mass is 19.2. The van der Waals surface area contributed by atoms with Crippen LogP contribution >= 0.6 is 0 Å². The molecule has 0 aliphatic heterocycles. The summed E-state index contributed by atoms with van der Waals surface area (Å²) in [4.78, 5) is 11.1. The van der Waals surface area contributed by atoms with E-state index in [1.165, 1.54) is 0 Å². The van der Waals surface area contributed by atoms with E-state index in [0.717, 1.165) is 6.07 Å². The number of H-pyrrole nitrogens is 1. The van der Waals surface area contributed by atoms with Gasteiger partial charge in [-0.05, 0) is 36.8 Å². The van der Waals surface area contributed by atoms with Crippen LogP contribution in [-0.4, -0.2) is 21.3 Å². The molecule has 1 heterocycles. The van der Waals surface area contributed by atoms with Crippen LogP contribution in [0.15, 0.2) is 12.1 Å². The molecule has 1 atom stereocenters. The van der Waals surface area contributed by atoms with Crippen molar-refractivity contribution in [3.63, 3.8) is 0 Å². The zero-order chi connectivity index (χ0) is 15.1. The van der Waals surface area contributed by atoms with Gasteiger partial charge in [-0.3, -0.25) is 5.10 Å². The number of carboxylic acid groups (broad SMARTS) is 1. The second-order valence-electron chi connectivity index (χ2n) is 5.07. The first-order chi connectivity index (χ1) is 9.97.